The summed E-state index contributed by atoms with van der Waals surface area (Å²) in [7, 11) is 0. The molecule has 4 saturated carbocycles. The number of alkyl halides is 4. The minimum atomic E-state index is -3.79. The van der Waals surface area contributed by atoms with E-state index in [2.05, 4.69) is 0 Å². The van der Waals surface area contributed by atoms with Crippen LogP contribution in [0.2, 0.25) is 0 Å². The van der Waals surface area contributed by atoms with E-state index in [1.165, 1.54) is 19.3 Å². The van der Waals surface area contributed by atoms with Crippen LogP contribution in [0.3, 0.4) is 0 Å². The first-order chi connectivity index (χ1) is 8.39. The van der Waals surface area contributed by atoms with E-state index >= 15 is 0 Å². The predicted octanol–water partition coefficient (Wildman–Crippen LogP) is 4.23. The van der Waals surface area contributed by atoms with Crippen LogP contribution in [-0.4, -0.2) is 41.9 Å². The van der Waals surface area contributed by atoms with Crippen LogP contribution in [0.1, 0.15) is 51.4 Å². The summed E-state index contributed by atoms with van der Waals surface area (Å²) in [5, 5.41) is 0. The maximum absolute atomic E-state index is 13.1. The van der Waals surface area contributed by atoms with E-state index in [9.17, 15) is 17.6 Å². The van der Waals surface area contributed by atoms with Crippen molar-refractivity contribution in [2.75, 3.05) is 0 Å². The molecule has 0 radical (unpaired) electrons. The molecule has 0 unspecified atom stereocenters. The summed E-state index contributed by atoms with van der Waals surface area (Å²) in [4.78, 5) is 0. The van der Waals surface area contributed by atoms with Crippen LogP contribution in [0, 0.1) is 23.2 Å². The first kappa shape index (κ1) is 16.1. The van der Waals surface area contributed by atoms with Gasteiger partial charge in [0.1, 0.15) is 0 Å². The van der Waals surface area contributed by atoms with E-state index in [1.54, 1.807) is 0 Å². The van der Waals surface area contributed by atoms with Gasteiger partial charge < -0.3 is 0 Å². The fourth-order valence-corrected chi connectivity index (χ4v) is 5.14. The van der Waals surface area contributed by atoms with Crippen LogP contribution in [0.5, 0.6) is 0 Å². The molecule has 0 aromatic heterocycles. The summed E-state index contributed by atoms with van der Waals surface area (Å²) in [5.41, 5.74) is -0.0208. The number of hydrogen-bond acceptors (Lipinski definition) is 0. The average molecular weight is 288 g/mol. The number of hydrogen-bond donors (Lipinski definition) is 0. The Balaban J connectivity index is 0.00000133. The summed E-state index contributed by atoms with van der Waals surface area (Å²) in [6.07, 6.45) is 2.96. The van der Waals surface area contributed by atoms with Crippen LogP contribution in [-0.2, 0) is 0 Å². The monoisotopic (exact) mass is 288 g/mol. The fourth-order valence-electron chi connectivity index (χ4n) is 5.14. The Kier molecular flexibility index (Phi) is 4.65. The normalized spacial score (nSPS) is 40.6. The van der Waals surface area contributed by atoms with Gasteiger partial charge in [0.05, 0.1) is 0 Å². The van der Waals surface area contributed by atoms with Gasteiger partial charge in [-0.3, -0.25) is 0 Å². The Morgan fingerprint density at radius 3 is 1.74 bits per heavy atom. The molecule has 0 aromatic rings. The summed E-state index contributed by atoms with van der Waals surface area (Å²) in [5.74, 6) is -1.71. The molecule has 0 aliphatic heterocycles. The molecule has 106 valence electrons. The van der Waals surface area contributed by atoms with Gasteiger partial charge in [-0.15, -0.1) is 0 Å². The molecule has 19 heavy (non-hydrogen) atoms. The van der Waals surface area contributed by atoms with Crippen molar-refractivity contribution in [3.05, 3.63) is 0 Å². The van der Waals surface area contributed by atoms with Crippen molar-refractivity contribution >= 4 is 29.6 Å². The van der Waals surface area contributed by atoms with Gasteiger partial charge in [0.25, 0.3) is 0 Å². The SMILES string of the molecule is FC(F)C(F)(F)CCC12CC3CC(CC(C3)C1)C2.[NaH]. The Labute approximate surface area is 134 Å². The Hall–Kier alpha value is 0.720. The van der Waals surface area contributed by atoms with E-state index in [0.29, 0.717) is 24.2 Å². The van der Waals surface area contributed by atoms with Crippen molar-refractivity contribution in [1.82, 2.24) is 0 Å². The third-order valence-electron chi connectivity index (χ3n) is 5.47. The molecule has 4 fully saturated rings. The van der Waals surface area contributed by atoms with Gasteiger partial charge in [0.15, 0.2) is 0 Å². The minimum absolute atomic E-state index is 0. The molecule has 0 heterocycles. The van der Waals surface area contributed by atoms with Crippen molar-refractivity contribution in [2.24, 2.45) is 23.2 Å². The molecule has 0 spiro atoms. The molecule has 4 rings (SSSR count). The van der Waals surface area contributed by atoms with E-state index in [4.69, 9.17) is 0 Å². The molecule has 0 N–H and O–H groups in total. The van der Waals surface area contributed by atoms with Gasteiger partial charge in [-0.25, -0.2) is 17.6 Å². The summed E-state index contributed by atoms with van der Waals surface area (Å²) in [6, 6.07) is 0. The number of halogens is 4. The summed E-state index contributed by atoms with van der Waals surface area (Å²) < 4.78 is 50.6. The van der Waals surface area contributed by atoms with Crippen LogP contribution < -0.4 is 0 Å². The van der Waals surface area contributed by atoms with Crippen molar-refractivity contribution in [3.63, 3.8) is 0 Å². The molecular weight excluding hydrogens is 267 g/mol. The van der Waals surface area contributed by atoms with E-state index < -0.39 is 18.8 Å². The van der Waals surface area contributed by atoms with E-state index in [1.807, 2.05) is 0 Å². The van der Waals surface area contributed by atoms with Gasteiger partial charge in [0.2, 0.25) is 0 Å². The quantitative estimate of drug-likeness (QED) is 0.536. The second-order valence-electron chi connectivity index (χ2n) is 6.98. The summed E-state index contributed by atoms with van der Waals surface area (Å²) in [6.45, 7) is 0. The third-order valence-corrected chi connectivity index (χ3v) is 5.47. The summed E-state index contributed by atoms with van der Waals surface area (Å²) >= 11 is 0. The molecule has 0 nitrogen and oxygen atoms in total. The predicted molar refractivity (Wildman–Crippen MR) is 67.9 cm³/mol. The third kappa shape index (κ3) is 3.16. The molecule has 0 aromatic carbocycles. The van der Waals surface area contributed by atoms with Gasteiger partial charge in [-0.2, -0.15) is 0 Å². The van der Waals surface area contributed by atoms with Crippen LogP contribution >= 0.6 is 0 Å². The second kappa shape index (κ2) is 5.49. The van der Waals surface area contributed by atoms with Gasteiger partial charge >= 0.3 is 41.9 Å². The molecular formula is C14H21F4Na. The fraction of sp³-hybridized carbons (Fsp3) is 1.00. The zero-order chi connectivity index (χ0) is 13.0. The Morgan fingerprint density at radius 2 is 1.37 bits per heavy atom. The molecule has 4 bridgehead atoms. The maximum atomic E-state index is 13.1. The van der Waals surface area contributed by atoms with E-state index in [-0.39, 0.29) is 35.0 Å². The van der Waals surface area contributed by atoms with Crippen LogP contribution in [0.15, 0.2) is 0 Å². The molecule has 4 aliphatic carbocycles. The molecule has 0 amide bonds. The topological polar surface area (TPSA) is 0 Å². The average Bonchev–Trinajstić information content (AvgIpc) is 2.24. The molecule has 5 heteroatoms. The first-order valence-corrected chi connectivity index (χ1v) is 7.05. The van der Waals surface area contributed by atoms with Crippen molar-refractivity contribution in [1.29, 1.82) is 0 Å². The Bertz CT molecular complexity index is 294. The second-order valence-corrected chi connectivity index (χ2v) is 6.98. The first-order valence-electron chi connectivity index (χ1n) is 7.05. The zero-order valence-corrected chi connectivity index (χ0v) is 10.5. The van der Waals surface area contributed by atoms with Crippen molar-refractivity contribution in [3.8, 4) is 0 Å². The molecule has 0 saturated heterocycles. The van der Waals surface area contributed by atoms with Gasteiger partial charge in [0, 0.05) is 6.42 Å². The molecule has 0 atom stereocenters. The van der Waals surface area contributed by atoms with Gasteiger partial charge in [-0.1, -0.05) is 0 Å². The molecule has 4 aliphatic rings. The standard InChI is InChI=1S/C14H20F4.Na.H/c15-12(16)14(17,18)2-1-13-6-9-3-10(7-13)5-11(4-9)8-13;;/h9-12H,1-8H2;;. The van der Waals surface area contributed by atoms with E-state index in [0.717, 1.165) is 19.3 Å². The Morgan fingerprint density at radius 1 is 0.947 bits per heavy atom. The van der Waals surface area contributed by atoms with Crippen molar-refractivity contribution < 1.29 is 17.6 Å². The van der Waals surface area contributed by atoms with Crippen molar-refractivity contribution in [2.45, 2.75) is 63.7 Å². The van der Waals surface area contributed by atoms with Crippen LogP contribution in [0.25, 0.3) is 0 Å². The van der Waals surface area contributed by atoms with Gasteiger partial charge in [-0.05, 0) is 68.1 Å². The number of rotatable bonds is 4. The zero-order valence-electron chi connectivity index (χ0n) is 10.5. The van der Waals surface area contributed by atoms with Crippen LogP contribution in [0.4, 0.5) is 17.6 Å².